The Hall–Kier alpha value is -3.63. The highest BCUT2D eigenvalue weighted by molar-refractivity contribution is 6.32. The summed E-state index contributed by atoms with van der Waals surface area (Å²) in [5, 5.41) is 16.7. The van der Waals surface area contributed by atoms with Crippen LogP contribution >= 0.6 is 23.2 Å². The summed E-state index contributed by atoms with van der Waals surface area (Å²) in [7, 11) is 1.61. The number of amides is 4. The van der Waals surface area contributed by atoms with Crippen LogP contribution in [0, 0.1) is 10.1 Å². The molecule has 2 aromatic rings. The molecule has 2 atom stereocenters. The fraction of sp³-hybridized carbons (Fsp3) is 0.150. The van der Waals surface area contributed by atoms with Gasteiger partial charge in [-0.15, -0.1) is 0 Å². The third-order valence-electron chi connectivity index (χ3n) is 5.14. The molecule has 2 unspecified atom stereocenters. The molecule has 2 aliphatic rings. The van der Waals surface area contributed by atoms with E-state index in [1.165, 1.54) is 23.2 Å². The van der Waals surface area contributed by atoms with Gasteiger partial charge in [-0.3, -0.25) is 19.7 Å². The van der Waals surface area contributed by atoms with Gasteiger partial charge in [0, 0.05) is 30.0 Å². The summed E-state index contributed by atoms with van der Waals surface area (Å²) >= 11 is 11.7. The molecule has 4 rings (SSSR count). The Morgan fingerprint density at radius 3 is 2.50 bits per heavy atom. The molecule has 1 saturated heterocycles. The Kier molecular flexibility index (Phi) is 5.49. The van der Waals surface area contributed by atoms with E-state index in [9.17, 15) is 24.5 Å². The van der Waals surface area contributed by atoms with Crippen molar-refractivity contribution in [1.82, 2.24) is 10.2 Å². The molecule has 32 heavy (non-hydrogen) atoms. The topological polar surface area (TPSA) is 125 Å². The summed E-state index contributed by atoms with van der Waals surface area (Å²) in [5.41, 5.74) is 0.261. The quantitative estimate of drug-likeness (QED) is 0.516. The number of halogens is 2. The number of nitrogens with zero attached hydrogens (tertiary/aromatic N) is 3. The summed E-state index contributed by atoms with van der Waals surface area (Å²) in [4.78, 5) is 51.7. The van der Waals surface area contributed by atoms with E-state index in [0.717, 1.165) is 11.0 Å². The number of imide groups is 1. The van der Waals surface area contributed by atoms with Crippen LogP contribution in [-0.4, -0.2) is 46.8 Å². The van der Waals surface area contributed by atoms with Crippen molar-refractivity contribution >= 4 is 58.1 Å². The van der Waals surface area contributed by atoms with E-state index in [-0.39, 0.29) is 22.0 Å². The number of hydrogen-bond donors (Lipinski definition) is 2. The van der Waals surface area contributed by atoms with Gasteiger partial charge in [-0.25, -0.2) is 9.69 Å². The van der Waals surface area contributed by atoms with E-state index < -0.39 is 34.9 Å². The minimum atomic E-state index is -0.897. The number of carbonyl (C=O) groups is 3. The second-order valence-electron chi connectivity index (χ2n) is 7.15. The lowest BCUT2D eigenvalue weighted by atomic mass is 9.99. The van der Waals surface area contributed by atoms with Crippen molar-refractivity contribution in [2.75, 3.05) is 17.3 Å². The number of hydrogen-bond acceptors (Lipinski definition) is 6. The molecule has 2 N–H and O–H groups in total. The SMILES string of the molecule is CN1C=C(C(=O)Nc2ccc(Cl)c([N+](=O)[O-])c2)C2NC(=O)N(c3ccc(Cl)cc3)C(=O)C21. The fourth-order valence-corrected chi connectivity index (χ4v) is 3.97. The Balaban J connectivity index is 1.57. The Bertz CT molecular complexity index is 1180. The highest BCUT2D eigenvalue weighted by Crippen LogP contribution is 2.31. The van der Waals surface area contributed by atoms with Gasteiger partial charge in [0.05, 0.1) is 22.2 Å². The fourth-order valence-electron chi connectivity index (χ4n) is 3.66. The Morgan fingerprint density at radius 1 is 1.16 bits per heavy atom. The predicted molar refractivity (Wildman–Crippen MR) is 118 cm³/mol. The number of fused-ring (bicyclic) bond motifs is 1. The van der Waals surface area contributed by atoms with Crippen LogP contribution in [0.5, 0.6) is 0 Å². The van der Waals surface area contributed by atoms with Crippen LogP contribution in [0.4, 0.5) is 21.9 Å². The number of rotatable bonds is 4. The third kappa shape index (κ3) is 3.74. The summed E-state index contributed by atoms with van der Waals surface area (Å²) in [6.45, 7) is 0. The molecule has 0 aromatic heterocycles. The van der Waals surface area contributed by atoms with Gasteiger partial charge in [-0.2, -0.15) is 0 Å². The first-order valence-corrected chi connectivity index (χ1v) is 10.0. The van der Waals surface area contributed by atoms with Crippen molar-refractivity contribution in [3.8, 4) is 0 Å². The molecule has 0 saturated carbocycles. The van der Waals surface area contributed by atoms with Crippen LogP contribution in [-0.2, 0) is 9.59 Å². The maximum atomic E-state index is 13.1. The summed E-state index contributed by atoms with van der Waals surface area (Å²) in [6.07, 6.45) is 1.46. The lowest BCUT2D eigenvalue weighted by Crippen LogP contribution is -2.65. The number of urea groups is 1. The number of benzene rings is 2. The molecule has 2 heterocycles. The van der Waals surface area contributed by atoms with E-state index in [0.29, 0.717) is 10.7 Å². The minimum Gasteiger partial charge on any atom is -0.366 e. The van der Waals surface area contributed by atoms with Crippen molar-refractivity contribution in [3.05, 3.63) is 74.4 Å². The van der Waals surface area contributed by atoms with Crippen molar-refractivity contribution in [3.63, 3.8) is 0 Å². The smallest absolute Gasteiger partial charge is 0.329 e. The monoisotopic (exact) mass is 475 g/mol. The normalized spacial score (nSPS) is 19.9. The molecule has 0 bridgehead atoms. The van der Waals surface area contributed by atoms with E-state index in [1.807, 2.05) is 0 Å². The van der Waals surface area contributed by atoms with Crippen LogP contribution < -0.4 is 15.5 Å². The molecular formula is C20H15Cl2N5O5. The highest BCUT2D eigenvalue weighted by Gasteiger charge is 2.49. The first kappa shape index (κ1) is 21.6. The molecule has 0 radical (unpaired) electrons. The average Bonchev–Trinajstić information content (AvgIpc) is 3.07. The van der Waals surface area contributed by atoms with E-state index in [4.69, 9.17) is 23.2 Å². The van der Waals surface area contributed by atoms with Gasteiger partial charge in [0.15, 0.2) is 0 Å². The minimum absolute atomic E-state index is 0.0692. The van der Waals surface area contributed by atoms with E-state index in [2.05, 4.69) is 10.6 Å². The molecule has 1 fully saturated rings. The number of nitro groups is 1. The van der Waals surface area contributed by atoms with Crippen molar-refractivity contribution in [1.29, 1.82) is 0 Å². The lowest BCUT2D eigenvalue weighted by molar-refractivity contribution is -0.384. The average molecular weight is 476 g/mol. The molecule has 2 aliphatic heterocycles. The van der Waals surface area contributed by atoms with Gasteiger partial charge in [-0.05, 0) is 36.4 Å². The number of carbonyl (C=O) groups excluding carboxylic acids is 3. The maximum absolute atomic E-state index is 13.1. The van der Waals surface area contributed by atoms with Crippen molar-refractivity contribution in [2.45, 2.75) is 12.1 Å². The van der Waals surface area contributed by atoms with Crippen LogP contribution in [0.1, 0.15) is 0 Å². The summed E-state index contributed by atoms with van der Waals surface area (Å²) < 4.78 is 0. The molecule has 12 heteroatoms. The van der Waals surface area contributed by atoms with Crippen LogP contribution in [0.25, 0.3) is 0 Å². The maximum Gasteiger partial charge on any atom is 0.329 e. The number of anilines is 2. The Morgan fingerprint density at radius 2 is 1.84 bits per heavy atom. The number of nitrogens with one attached hydrogen (secondary N) is 2. The summed E-state index contributed by atoms with van der Waals surface area (Å²) in [5.74, 6) is -1.13. The largest absolute Gasteiger partial charge is 0.366 e. The van der Waals surface area contributed by atoms with Gasteiger partial charge in [0.2, 0.25) is 0 Å². The lowest BCUT2D eigenvalue weighted by Gasteiger charge is -2.37. The summed E-state index contributed by atoms with van der Waals surface area (Å²) in [6, 6.07) is 7.62. The van der Waals surface area contributed by atoms with Crippen LogP contribution in [0.2, 0.25) is 10.0 Å². The zero-order valence-electron chi connectivity index (χ0n) is 16.4. The first-order valence-electron chi connectivity index (χ1n) is 9.26. The van der Waals surface area contributed by atoms with Crippen LogP contribution in [0.3, 0.4) is 0 Å². The van der Waals surface area contributed by atoms with E-state index >= 15 is 0 Å². The van der Waals surface area contributed by atoms with Crippen LogP contribution in [0.15, 0.2) is 54.2 Å². The molecule has 10 nitrogen and oxygen atoms in total. The second kappa shape index (κ2) is 8.13. The molecular weight excluding hydrogens is 461 g/mol. The zero-order valence-corrected chi connectivity index (χ0v) is 17.9. The molecule has 0 spiro atoms. The third-order valence-corrected chi connectivity index (χ3v) is 5.71. The number of nitro benzene ring substituents is 1. The first-order chi connectivity index (χ1) is 15.2. The van der Waals surface area contributed by atoms with E-state index in [1.54, 1.807) is 31.3 Å². The Labute approximate surface area is 191 Å². The van der Waals surface area contributed by atoms with Gasteiger partial charge in [0.1, 0.15) is 11.1 Å². The standard InChI is InChI=1S/C20H15Cl2N5O5/c1-25-9-13(18(28)23-11-4-7-14(22)15(8-11)27(31)32)16-17(25)19(29)26(20(30)24-16)12-5-2-10(21)3-6-12/h2-9,16-17H,1H3,(H,23,28)(H,24,30). The highest BCUT2D eigenvalue weighted by atomic mass is 35.5. The number of likely N-dealkylation sites (N-methyl/N-ethyl adjacent to an activating group) is 1. The van der Waals surface area contributed by atoms with Gasteiger partial charge < -0.3 is 15.5 Å². The molecule has 2 aromatic carbocycles. The van der Waals surface area contributed by atoms with Crippen molar-refractivity contribution < 1.29 is 19.3 Å². The van der Waals surface area contributed by atoms with Crippen molar-refractivity contribution in [2.24, 2.45) is 0 Å². The van der Waals surface area contributed by atoms with Gasteiger partial charge in [0.25, 0.3) is 17.5 Å². The van der Waals surface area contributed by atoms with Gasteiger partial charge in [-0.1, -0.05) is 23.2 Å². The molecule has 0 aliphatic carbocycles. The molecule has 164 valence electrons. The molecule has 4 amide bonds. The van der Waals surface area contributed by atoms with Gasteiger partial charge >= 0.3 is 6.03 Å². The zero-order chi connectivity index (χ0) is 23.2. The predicted octanol–water partition coefficient (Wildman–Crippen LogP) is 3.16. The second-order valence-corrected chi connectivity index (χ2v) is 7.99.